The third-order valence-electron chi connectivity index (χ3n) is 6.75. The van der Waals surface area contributed by atoms with E-state index in [0.717, 1.165) is 66.8 Å². The summed E-state index contributed by atoms with van der Waals surface area (Å²) in [5, 5.41) is 4.24. The van der Waals surface area contributed by atoms with Crippen molar-refractivity contribution in [1.82, 2.24) is 15.0 Å². The van der Waals surface area contributed by atoms with Crippen LogP contribution in [0.1, 0.15) is 37.1 Å². The first-order valence-corrected chi connectivity index (χ1v) is 12.4. The maximum Gasteiger partial charge on any atom is 0.147 e. The number of fused-ring (bicyclic) bond motifs is 2. The van der Waals surface area contributed by atoms with Crippen LogP contribution in [0.25, 0.3) is 0 Å². The zero-order valence-electron chi connectivity index (χ0n) is 19.1. The minimum Gasteiger partial charge on any atom is -0.370 e. The fourth-order valence-electron chi connectivity index (χ4n) is 4.86. The summed E-state index contributed by atoms with van der Waals surface area (Å²) in [6, 6.07) is 10.4. The van der Waals surface area contributed by atoms with E-state index in [1.165, 1.54) is 11.3 Å². The Morgan fingerprint density at radius 2 is 2.03 bits per heavy atom. The number of rotatable bonds is 5. The topological polar surface area (TPSA) is 57.2 Å². The van der Waals surface area contributed by atoms with Crippen LogP contribution in [-0.4, -0.2) is 40.3 Å². The van der Waals surface area contributed by atoms with E-state index >= 15 is 0 Å². The minimum atomic E-state index is 0.172. The normalized spacial score (nSPS) is 16.8. The molecule has 0 amide bonds. The van der Waals surface area contributed by atoms with Crippen LogP contribution in [-0.2, 0) is 18.4 Å². The Labute approximate surface area is 205 Å². The van der Waals surface area contributed by atoms with Crippen molar-refractivity contribution in [3.8, 4) is 0 Å². The van der Waals surface area contributed by atoms with Crippen LogP contribution >= 0.6 is 24.2 Å². The van der Waals surface area contributed by atoms with E-state index in [-0.39, 0.29) is 5.41 Å². The average molecular weight is 481 g/mol. The van der Waals surface area contributed by atoms with Gasteiger partial charge in [-0.3, -0.25) is 0 Å². The van der Waals surface area contributed by atoms with Gasteiger partial charge in [0.05, 0.1) is 17.3 Å². The summed E-state index contributed by atoms with van der Waals surface area (Å²) < 4.78 is 0. The molecule has 1 N–H and O–H groups in total. The number of anilines is 4. The van der Waals surface area contributed by atoms with Crippen LogP contribution in [0.3, 0.4) is 0 Å². The molecule has 8 heteroatoms. The highest BCUT2D eigenvalue weighted by Crippen LogP contribution is 2.41. The first kappa shape index (κ1) is 22.3. The summed E-state index contributed by atoms with van der Waals surface area (Å²) in [7, 11) is 0. The zero-order chi connectivity index (χ0) is 23.0. The van der Waals surface area contributed by atoms with Gasteiger partial charge in [-0.2, -0.15) is 12.6 Å². The van der Waals surface area contributed by atoms with E-state index in [0.29, 0.717) is 11.6 Å². The fourth-order valence-corrected chi connectivity index (χ4v) is 5.34. The second-order valence-corrected chi connectivity index (χ2v) is 10.2. The maximum absolute atomic E-state index is 6.38. The fraction of sp³-hybridized carbons (Fsp3) is 0.400. The Bertz CT molecular complexity index is 1170. The predicted molar refractivity (Wildman–Crippen MR) is 139 cm³/mol. The molecule has 5 rings (SSSR count). The highest BCUT2D eigenvalue weighted by atomic mass is 35.5. The van der Waals surface area contributed by atoms with E-state index in [4.69, 9.17) is 11.6 Å². The lowest BCUT2D eigenvalue weighted by molar-refractivity contribution is 0.456. The standard InChI is InChI=1S/C25H29ClN6S/c1-25(2)8-11-31(12-13-33)22-14-17(5-6-19(22)25)30-23-18-7-10-32(15-21(18)28-16-29-23)24-20(26)4-3-9-27-24/h3-6,9,14,16,33H,7-8,10-13,15H2,1-2H3,(H,28,29,30). The van der Waals surface area contributed by atoms with E-state index in [1.807, 2.05) is 12.1 Å². The quantitative estimate of drug-likeness (QED) is 0.486. The van der Waals surface area contributed by atoms with Gasteiger partial charge in [0, 0.05) is 48.5 Å². The van der Waals surface area contributed by atoms with Crippen LogP contribution in [0.15, 0.2) is 42.9 Å². The lowest BCUT2D eigenvalue weighted by Gasteiger charge is -2.40. The van der Waals surface area contributed by atoms with Crippen molar-refractivity contribution in [2.24, 2.45) is 0 Å². The molecule has 2 aliphatic heterocycles. The monoisotopic (exact) mass is 480 g/mol. The van der Waals surface area contributed by atoms with E-state index in [2.05, 4.69) is 74.7 Å². The maximum atomic E-state index is 6.38. The molecule has 0 unspecified atom stereocenters. The van der Waals surface area contributed by atoms with Crippen LogP contribution < -0.4 is 15.1 Å². The van der Waals surface area contributed by atoms with Crippen molar-refractivity contribution in [2.75, 3.05) is 40.5 Å². The van der Waals surface area contributed by atoms with Crippen LogP contribution in [0.2, 0.25) is 5.02 Å². The first-order chi connectivity index (χ1) is 16.0. The van der Waals surface area contributed by atoms with Crippen molar-refractivity contribution in [3.63, 3.8) is 0 Å². The second kappa shape index (κ2) is 9.03. The highest BCUT2D eigenvalue weighted by Gasteiger charge is 2.31. The van der Waals surface area contributed by atoms with Crippen molar-refractivity contribution in [1.29, 1.82) is 0 Å². The summed E-state index contributed by atoms with van der Waals surface area (Å²) in [6.45, 7) is 8.15. The van der Waals surface area contributed by atoms with Gasteiger partial charge in [-0.1, -0.05) is 31.5 Å². The van der Waals surface area contributed by atoms with Crippen molar-refractivity contribution < 1.29 is 0 Å². The molecule has 0 fully saturated rings. The van der Waals surface area contributed by atoms with Gasteiger partial charge in [-0.15, -0.1) is 0 Å². The predicted octanol–water partition coefficient (Wildman–Crippen LogP) is 5.25. The molecular formula is C25H29ClN6S. The van der Waals surface area contributed by atoms with Crippen LogP contribution in [0.5, 0.6) is 0 Å². The van der Waals surface area contributed by atoms with Gasteiger partial charge in [0.15, 0.2) is 0 Å². The zero-order valence-corrected chi connectivity index (χ0v) is 20.7. The van der Waals surface area contributed by atoms with E-state index in [9.17, 15) is 0 Å². The van der Waals surface area contributed by atoms with Gasteiger partial charge in [0.1, 0.15) is 18.0 Å². The smallest absolute Gasteiger partial charge is 0.147 e. The Balaban J connectivity index is 1.42. The second-order valence-electron chi connectivity index (χ2n) is 9.33. The molecule has 2 aromatic heterocycles. The molecular weight excluding hydrogens is 452 g/mol. The summed E-state index contributed by atoms with van der Waals surface area (Å²) in [4.78, 5) is 18.3. The Kier molecular flexibility index (Phi) is 6.10. The molecule has 0 saturated heterocycles. The average Bonchev–Trinajstić information content (AvgIpc) is 2.81. The number of hydrogen-bond donors (Lipinski definition) is 2. The number of nitrogens with zero attached hydrogens (tertiary/aromatic N) is 5. The number of hydrogen-bond acceptors (Lipinski definition) is 7. The molecule has 172 valence electrons. The molecule has 0 aliphatic carbocycles. The minimum absolute atomic E-state index is 0.172. The third kappa shape index (κ3) is 4.36. The number of thiol groups is 1. The number of halogens is 1. The molecule has 0 radical (unpaired) electrons. The molecule has 3 aromatic rings. The summed E-state index contributed by atoms with van der Waals surface area (Å²) in [5.74, 6) is 2.52. The lowest BCUT2D eigenvalue weighted by atomic mass is 9.77. The van der Waals surface area contributed by atoms with E-state index in [1.54, 1.807) is 12.5 Å². The summed E-state index contributed by atoms with van der Waals surface area (Å²) in [6.07, 6.45) is 5.39. The van der Waals surface area contributed by atoms with Crippen LogP contribution in [0, 0.1) is 0 Å². The number of pyridine rings is 1. The number of nitrogens with one attached hydrogen (secondary N) is 1. The molecule has 0 saturated carbocycles. The SMILES string of the molecule is CC1(C)CCN(CCS)c2cc(Nc3ncnc4c3CCN(c3ncccc3Cl)C4)ccc21. The number of aromatic nitrogens is 3. The van der Waals surface area contributed by atoms with Gasteiger partial charge < -0.3 is 15.1 Å². The third-order valence-corrected chi connectivity index (χ3v) is 7.25. The lowest BCUT2D eigenvalue weighted by Crippen LogP contribution is -2.38. The molecule has 4 heterocycles. The molecule has 6 nitrogen and oxygen atoms in total. The van der Waals surface area contributed by atoms with Crippen molar-refractivity contribution >= 4 is 47.2 Å². The largest absolute Gasteiger partial charge is 0.370 e. The Morgan fingerprint density at radius 3 is 2.85 bits per heavy atom. The van der Waals surface area contributed by atoms with Gasteiger partial charge >= 0.3 is 0 Å². The molecule has 33 heavy (non-hydrogen) atoms. The molecule has 0 spiro atoms. The Morgan fingerprint density at radius 1 is 1.15 bits per heavy atom. The van der Waals surface area contributed by atoms with E-state index < -0.39 is 0 Å². The first-order valence-electron chi connectivity index (χ1n) is 11.4. The van der Waals surface area contributed by atoms with Crippen LogP contribution in [0.4, 0.5) is 23.0 Å². The number of benzene rings is 1. The summed E-state index contributed by atoms with van der Waals surface area (Å²) in [5.41, 5.74) is 6.08. The highest BCUT2D eigenvalue weighted by molar-refractivity contribution is 7.80. The van der Waals surface area contributed by atoms with Gasteiger partial charge in [-0.05, 0) is 48.1 Å². The van der Waals surface area contributed by atoms with Gasteiger partial charge in [0.25, 0.3) is 0 Å². The molecule has 1 aromatic carbocycles. The Hall–Kier alpha value is -2.51. The van der Waals surface area contributed by atoms with Gasteiger partial charge in [-0.25, -0.2) is 15.0 Å². The molecule has 0 bridgehead atoms. The van der Waals surface area contributed by atoms with Crippen molar-refractivity contribution in [3.05, 3.63) is 64.7 Å². The van der Waals surface area contributed by atoms with Crippen molar-refractivity contribution in [2.45, 2.75) is 38.6 Å². The van der Waals surface area contributed by atoms with Gasteiger partial charge in [0.2, 0.25) is 0 Å². The summed E-state index contributed by atoms with van der Waals surface area (Å²) >= 11 is 10.9. The molecule has 2 aliphatic rings. The molecule has 0 atom stereocenters.